The molecule has 6 heteroatoms. The number of benzene rings is 1. The Labute approximate surface area is 142 Å². The van der Waals surface area contributed by atoms with Crippen LogP contribution in [0.1, 0.15) is 67.7 Å². The van der Waals surface area contributed by atoms with Crippen LogP contribution in [0.15, 0.2) is 24.3 Å². The number of amides is 2. The molecule has 3 N–H and O–H groups in total. The molecular formula is C18H26N2O4. The maximum Gasteiger partial charge on any atom is 0.305 e. The van der Waals surface area contributed by atoms with Crippen molar-refractivity contribution in [1.29, 1.82) is 0 Å². The molecule has 0 fully saturated rings. The van der Waals surface area contributed by atoms with Crippen molar-refractivity contribution in [2.45, 2.75) is 58.5 Å². The van der Waals surface area contributed by atoms with Crippen molar-refractivity contribution in [2.75, 3.05) is 0 Å². The minimum Gasteiger partial charge on any atom is -0.481 e. The van der Waals surface area contributed by atoms with Crippen molar-refractivity contribution in [1.82, 2.24) is 10.6 Å². The van der Waals surface area contributed by atoms with Gasteiger partial charge >= 0.3 is 5.97 Å². The van der Waals surface area contributed by atoms with E-state index in [2.05, 4.69) is 10.6 Å². The summed E-state index contributed by atoms with van der Waals surface area (Å²) in [4.78, 5) is 35.4. The van der Waals surface area contributed by atoms with E-state index in [0.29, 0.717) is 24.0 Å². The summed E-state index contributed by atoms with van der Waals surface area (Å²) >= 11 is 0. The number of rotatable bonds is 8. The highest BCUT2D eigenvalue weighted by atomic mass is 16.4. The van der Waals surface area contributed by atoms with Crippen LogP contribution in [0, 0.1) is 0 Å². The Kier molecular flexibility index (Phi) is 6.95. The van der Waals surface area contributed by atoms with Gasteiger partial charge in [0, 0.05) is 17.2 Å². The van der Waals surface area contributed by atoms with Gasteiger partial charge in [0.1, 0.15) is 0 Å². The second-order valence-corrected chi connectivity index (χ2v) is 6.22. The first-order chi connectivity index (χ1) is 11.2. The fourth-order valence-electron chi connectivity index (χ4n) is 2.44. The summed E-state index contributed by atoms with van der Waals surface area (Å²) < 4.78 is 0. The first-order valence-electron chi connectivity index (χ1n) is 8.18. The van der Waals surface area contributed by atoms with Crippen LogP contribution in [0.25, 0.3) is 0 Å². The van der Waals surface area contributed by atoms with Crippen LogP contribution in [0.2, 0.25) is 0 Å². The molecule has 2 amide bonds. The third-order valence-corrected chi connectivity index (χ3v) is 4.05. The standard InChI is InChI=1S/C18H26N2O4/c1-5-18(6-2,11-15(21)22)20-17(24)14-9-7-13(8-10-14)16(23)19-12(3)4/h7-10,12H,5-6,11H2,1-4H3,(H,19,23)(H,20,24)(H,21,22). The molecule has 0 heterocycles. The van der Waals surface area contributed by atoms with Gasteiger partial charge in [-0.3, -0.25) is 14.4 Å². The number of nitrogens with one attached hydrogen (secondary N) is 2. The number of carboxylic acids is 1. The highest BCUT2D eigenvalue weighted by Crippen LogP contribution is 2.21. The highest BCUT2D eigenvalue weighted by Gasteiger charge is 2.31. The van der Waals surface area contributed by atoms with Crippen LogP contribution in [-0.2, 0) is 4.79 Å². The lowest BCUT2D eigenvalue weighted by Crippen LogP contribution is -2.49. The van der Waals surface area contributed by atoms with Crippen LogP contribution in [0.3, 0.4) is 0 Å². The zero-order valence-electron chi connectivity index (χ0n) is 14.7. The summed E-state index contributed by atoms with van der Waals surface area (Å²) in [6, 6.07) is 6.35. The van der Waals surface area contributed by atoms with Gasteiger partial charge in [-0.1, -0.05) is 13.8 Å². The van der Waals surface area contributed by atoms with Crippen molar-refractivity contribution >= 4 is 17.8 Å². The quantitative estimate of drug-likeness (QED) is 0.681. The van der Waals surface area contributed by atoms with E-state index in [1.165, 1.54) is 0 Å². The highest BCUT2D eigenvalue weighted by molar-refractivity contribution is 5.98. The summed E-state index contributed by atoms with van der Waals surface area (Å²) in [6.45, 7) is 7.45. The third kappa shape index (κ3) is 5.37. The van der Waals surface area contributed by atoms with Gasteiger partial charge in [0.2, 0.25) is 0 Å². The topological polar surface area (TPSA) is 95.5 Å². The first kappa shape index (κ1) is 19.7. The Balaban J connectivity index is 2.87. The van der Waals surface area contributed by atoms with Crippen LogP contribution >= 0.6 is 0 Å². The lowest BCUT2D eigenvalue weighted by molar-refractivity contribution is -0.138. The van der Waals surface area contributed by atoms with Crippen molar-refractivity contribution in [3.05, 3.63) is 35.4 Å². The monoisotopic (exact) mass is 334 g/mol. The molecule has 0 aliphatic carbocycles. The van der Waals surface area contributed by atoms with Crippen LogP contribution in [0.5, 0.6) is 0 Å². The van der Waals surface area contributed by atoms with Crippen molar-refractivity contribution in [3.63, 3.8) is 0 Å². The van der Waals surface area contributed by atoms with Crippen molar-refractivity contribution in [2.24, 2.45) is 0 Å². The van der Waals surface area contributed by atoms with E-state index >= 15 is 0 Å². The lowest BCUT2D eigenvalue weighted by atomic mass is 9.88. The van der Waals surface area contributed by atoms with Crippen molar-refractivity contribution in [3.8, 4) is 0 Å². The molecule has 0 atom stereocenters. The van der Waals surface area contributed by atoms with E-state index in [1.807, 2.05) is 27.7 Å². The molecular weight excluding hydrogens is 308 g/mol. The molecule has 0 bridgehead atoms. The van der Waals surface area contributed by atoms with Gasteiger partial charge < -0.3 is 15.7 Å². The van der Waals surface area contributed by atoms with E-state index in [9.17, 15) is 14.4 Å². The molecule has 132 valence electrons. The number of carbonyl (C=O) groups is 3. The molecule has 0 spiro atoms. The Morgan fingerprint density at radius 3 is 1.83 bits per heavy atom. The molecule has 24 heavy (non-hydrogen) atoms. The second-order valence-electron chi connectivity index (χ2n) is 6.22. The maximum atomic E-state index is 12.4. The predicted molar refractivity (Wildman–Crippen MR) is 92.1 cm³/mol. The molecule has 0 saturated carbocycles. The molecule has 1 rings (SSSR count). The summed E-state index contributed by atoms with van der Waals surface area (Å²) in [5.41, 5.74) is 0.104. The summed E-state index contributed by atoms with van der Waals surface area (Å²) in [5.74, 6) is -1.48. The Hall–Kier alpha value is -2.37. The van der Waals surface area contributed by atoms with Gasteiger partial charge in [-0.05, 0) is 51.0 Å². The van der Waals surface area contributed by atoms with E-state index in [0.717, 1.165) is 0 Å². The maximum absolute atomic E-state index is 12.4. The molecule has 0 radical (unpaired) electrons. The van der Waals surface area contributed by atoms with Crippen LogP contribution in [0.4, 0.5) is 0 Å². The Bertz CT molecular complexity index is 590. The van der Waals surface area contributed by atoms with Gasteiger partial charge in [-0.25, -0.2) is 0 Å². The van der Waals surface area contributed by atoms with E-state index < -0.39 is 11.5 Å². The molecule has 0 unspecified atom stereocenters. The average Bonchev–Trinajstić information content (AvgIpc) is 2.53. The zero-order chi connectivity index (χ0) is 18.3. The van der Waals surface area contributed by atoms with Crippen molar-refractivity contribution < 1.29 is 19.5 Å². The third-order valence-electron chi connectivity index (χ3n) is 4.05. The van der Waals surface area contributed by atoms with E-state index in [1.54, 1.807) is 24.3 Å². The number of carboxylic acid groups (broad SMARTS) is 1. The van der Waals surface area contributed by atoms with Crippen LogP contribution in [-0.4, -0.2) is 34.5 Å². The average molecular weight is 334 g/mol. The SMILES string of the molecule is CCC(CC)(CC(=O)O)NC(=O)c1ccc(C(=O)NC(C)C)cc1. The smallest absolute Gasteiger partial charge is 0.305 e. The van der Waals surface area contributed by atoms with Gasteiger partial charge in [0.25, 0.3) is 11.8 Å². The summed E-state index contributed by atoms with van der Waals surface area (Å²) in [7, 11) is 0. The number of hydrogen-bond acceptors (Lipinski definition) is 3. The molecule has 0 saturated heterocycles. The fourth-order valence-corrected chi connectivity index (χ4v) is 2.44. The molecule has 0 aliphatic rings. The van der Waals surface area contributed by atoms with Gasteiger partial charge in [-0.2, -0.15) is 0 Å². The molecule has 0 aromatic heterocycles. The summed E-state index contributed by atoms with van der Waals surface area (Å²) in [6.07, 6.45) is 0.924. The molecule has 0 aliphatic heterocycles. The van der Waals surface area contributed by atoms with Gasteiger partial charge in [0.15, 0.2) is 0 Å². The Morgan fingerprint density at radius 1 is 1.00 bits per heavy atom. The van der Waals surface area contributed by atoms with Gasteiger partial charge in [-0.15, -0.1) is 0 Å². The predicted octanol–water partition coefficient (Wildman–Crippen LogP) is 2.59. The lowest BCUT2D eigenvalue weighted by Gasteiger charge is -2.31. The van der Waals surface area contributed by atoms with E-state index in [4.69, 9.17) is 5.11 Å². The van der Waals surface area contributed by atoms with Gasteiger partial charge in [0.05, 0.1) is 12.0 Å². The second kappa shape index (κ2) is 8.47. The molecule has 1 aromatic rings. The minimum atomic E-state index is -0.945. The Morgan fingerprint density at radius 2 is 1.46 bits per heavy atom. The molecule has 6 nitrogen and oxygen atoms in total. The normalized spacial score (nSPS) is 11.2. The fraction of sp³-hybridized carbons (Fsp3) is 0.500. The molecule has 1 aromatic carbocycles. The zero-order valence-corrected chi connectivity index (χ0v) is 14.7. The number of aliphatic carboxylic acids is 1. The largest absolute Gasteiger partial charge is 0.481 e. The summed E-state index contributed by atoms with van der Waals surface area (Å²) in [5, 5.41) is 14.7. The number of carbonyl (C=O) groups excluding carboxylic acids is 2. The number of hydrogen-bond donors (Lipinski definition) is 3. The minimum absolute atomic E-state index is 0.0335. The van der Waals surface area contributed by atoms with E-state index in [-0.39, 0.29) is 24.3 Å². The van der Waals surface area contributed by atoms with Crippen LogP contribution < -0.4 is 10.6 Å². The first-order valence-corrected chi connectivity index (χ1v) is 8.18.